The van der Waals surface area contributed by atoms with Crippen molar-refractivity contribution < 1.29 is 13.2 Å². The second kappa shape index (κ2) is 9.13. The van der Waals surface area contributed by atoms with Crippen molar-refractivity contribution in [1.82, 2.24) is 18.8 Å². The number of benzene rings is 1. The number of hydrogen-bond acceptors (Lipinski definition) is 6. The maximum absolute atomic E-state index is 12.9. The Morgan fingerprint density at radius 3 is 2.43 bits per heavy atom. The SMILES string of the molecule is CCCS(=O)(=O)N1CCN(C(=O)CCn2c(=O)c(N(C)C)nc3ccccc32)CC1. The molecule has 1 saturated heterocycles. The zero-order valence-corrected chi connectivity index (χ0v) is 18.6. The lowest BCUT2D eigenvalue weighted by Crippen LogP contribution is -2.51. The normalized spacial score (nSPS) is 15.5. The van der Waals surface area contributed by atoms with E-state index < -0.39 is 10.0 Å². The van der Waals surface area contributed by atoms with Gasteiger partial charge in [-0.1, -0.05) is 19.1 Å². The van der Waals surface area contributed by atoms with E-state index in [0.717, 1.165) is 0 Å². The third-order valence-corrected chi connectivity index (χ3v) is 7.33. The Morgan fingerprint density at radius 2 is 1.80 bits per heavy atom. The summed E-state index contributed by atoms with van der Waals surface area (Å²) in [5.74, 6) is 0.380. The fourth-order valence-corrected chi connectivity index (χ4v) is 5.15. The number of anilines is 1. The van der Waals surface area contributed by atoms with Crippen LogP contribution in [0.3, 0.4) is 0 Å². The Balaban J connectivity index is 1.71. The summed E-state index contributed by atoms with van der Waals surface area (Å²) in [4.78, 5) is 33.4. The lowest BCUT2D eigenvalue weighted by atomic mass is 10.2. The quantitative estimate of drug-likeness (QED) is 0.636. The second-order valence-electron chi connectivity index (χ2n) is 7.62. The molecule has 2 heterocycles. The van der Waals surface area contributed by atoms with Crippen molar-refractivity contribution in [2.75, 3.05) is 50.9 Å². The van der Waals surface area contributed by atoms with E-state index in [1.165, 1.54) is 4.31 Å². The molecule has 1 aliphatic rings. The number of amides is 1. The minimum Gasteiger partial charge on any atom is -0.358 e. The first-order valence-electron chi connectivity index (χ1n) is 10.2. The lowest BCUT2D eigenvalue weighted by molar-refractivity contribution is -0.132. The number of hydrogen-bond donors (Lipinski definition) is 0. The number of rotatable bonds is 7. The fraction of sp³-hybridized carbons (Fsp3) is 0.550. The molecular formula is C20H29N5O4S. The number of para-hydroxylation sites is 2. The number of fused-ring (bicyclic) bond motifs is 1. The predicted molar refractivity (Wildman–Crippen MR) is 117 cm³/mol. The highest BCUT2D eigenvalue weighted by Gasteiger charge is 2.28. The molecule has 1 amide bonds. The predicted octanol–water partition coefficient (Wildman–Crippen LogP) is 0.737. The maximum Gasteiger partial charge on any atom is 0.293 e. The van der Waals surface area contributed by atoms with Gasteiger partial charge in [-0.3, -0.25) is 9.59 Å². The number of piperazine rings is 1. The van der Waals surface area contributed by atoms with Crippen LogP contribution in [-0.4, -0.2) is 79.1 Å². The average Bonchev–Trinajstić information content (AvgIpc) is 2.72. The molecule has 3 rings (SSSR count). The Hall–Kier alpha value is -2.46. The van der Waals surface area contributed by atoms with Gasteiger partial charge in [0.05, 0.1) is 16.8 Å². The molecular weight excluding hydrogens is 406 g/mol. The molecule has 0 spiro atoms. The largest absolute Gasteiger partial charge is 0.358 e. The molecule has 164 valence electrons. The van der Waals surface area contributed by atoms with Crippen molar-refractivity contribution in [1.29, 1.82) is 0 Å². The number of carbonyl (C=O) groups is 1. The summed E-state index contributed by atoms with van der Waals surface area (Å²) in [5, 5.41) is 0. The van der Waals surface area contributed by atoms with Crippen LogP contribution in [0.1, 0.15) is 19.8 Å². The van der Waals surface area contributed by atoms with Crippen LogP contribution in [0.2, 0.25) is 0 Å². The monoisotopic (exact) mass is 435 g/mol. The molecule has 1 fully saturated rings. The number of aromatic nitrogens is 2. The number of aryl methyl sites for hydroxylation is 1. The summed E-state index contributed by atoms with van der Waals surface area (Å²) >= 11 is 0. The molecule has 0 atom stereocenters. The van der Waals surface area contributed by atoms with E-state index in [0.29, 0.717) is 49.5 Å². The van der Waals surface area contributed by atoms with Crippen LogP contribution < -0.4 is 10.5 Å². The molecule has 30 heavy (non-hydrogen) atoms. The highest BCUT2D eigenvalue weighted by atomic mass is 32.2. The van der Waals surface area contributed by atoms with Crippen molar-refractivity contribution in [3.05, 3.63) is 34.6 Å². The van der Waals surface area contributed by atoms with Crippen molar-refractivity contribution in [3.63, 3.8) is 0 Å². The minimum absolute atomic E-state index is 0.0817. The van der Waals surface area contributed by atoms with Gasteiger partial charge in [0.25, 0.3) is 5.56 Å². The summed E-state index contributed by atoms with van der Waals surface area (Å²) in [6.45, 7) is 3.46. The summed E-state index contributed by atoms with van der Waals surface area (Å²) in [7, 11) is 0.286. The van der Waals surface area contributed by atoms with Gasteiger partial charge in [-0.25, -0.2) is 13.4 Å². The Morgan fingerprint density at radius 1 is 1.13 bits per heavy atom. The van der Waals surface area contributed by atoms with E-state index in [-0.39, 0.29) is 30.2 Å². The van der Waals surface area contributed by atoms with Gasteiger partial charge >= 0.3 is 0 Å². The Kier molecular flexibility index (Phi) is 6.77. The van der Waals surface area contributed by atoms with Crippen molar-refractivity contribution >= 4 is 32.8 Å². The standard InChI is InChI=1S/C20H29N5O4S/c1-4-15-30(28,29)24-13-11-23(12-14-24)18(26)9-10-25-17-8-6-5-7-16(17)21-19(20(25)27)22(2)3/h5-8H,4,9-15H2,1-3H3. The van der Waals surface area contributed by atoms with Crippen LogP contribution in [0.25, 0.3) is 11.0 Å². The molecule has 1 aromatic carbocycles. The number of sulfonamides is 1. The minimum atomic E-state index is -3.24. The van der Waals surface area contributed by atoms with E-state index in [2.05, 4.69) is 4.98 Å². The van der Waals surface area contributed by atoms with Gasteiger partial charge in [-0.15, -0.1) is 0 Å². The van der Waals surface area contributed by atoms with E-state index in [4.69, 9.17) is 0 Å². The van der Waals surface area contributed by atoms with E-state index >= 15 is 0 Å². The van der Waals surface area contributed by atoms with Crippen LogP contribution in [-0.2, 0) is 21.4 Å². The first kappa shape index (κ1) is 22.2. The Labute approximate surface area is 176 Å². The van der Waals surface area contributed by atoms with Crippen LogP contribution >= 0.6 is 0 Å². The fourth-order valence-electron chi connectivity index (χ4n) is 3.66. The van der Waals surface area contributed by atoms with E-state index in [1.807, 2.05) is 31.2 Å². The second-order valence-corrected chi connectivity index (χ2v) is 9.71. The molecule has 0 N–H and O–H groups in total. The molecule has 0 aliphatic carbocycles. The first-order chi connectivity index (χ1) is 14.2. The highest BCUT2D eigenvalue weighted by Crippen LogP contribution is 2.15. The molecule has 1 aromatic heterocycles. The lowest BCUT2D eigenvalue weighted by Gasteiger charge is -2.34. The van der Waals surface area contributed by atoms with Gasteiger partial charge in [0.1, 0.15) is 0 Å². The van der Waals surface area contributed by atoms with Crippen LogP contribution in [0.5, 0.6) is 0 Å². The van der Waals surface area contributed by atoms with E-state index in [9.17, 15) is 18.0 Å². The van der Waals surface area contributed by atoms with Crippen molar-refractivity contribution in [3.8, 4) is 0 Å². The molecule has 0 radical (unpaired) electrons. The topological polar surface area (TPSA) is 95.8 Å². The van der Waals surface area contributed by atoms with Crippen LogP contribution in [0, 0.1) is 0 Å². The van der Waals surface area contributed by atoms with Gasteiger partial charge in [-0.2, -0.15) is 4.31 Å². The number of nitrogens with zero attached hydrogens (tertiary/aromatic N) is 5. The molecule has 2 aromatic rings. The van der Waals surface area contributed by atoms with Gasteiger partial charge in [0.2, 0.25) is 15.9 Å². The van der Waals surface area contributed by atoms with Crippen molar-refractivity contribution in [2.45, 2.75) is 26.3 Å². The van der Waals surface area contributed by atoms with Gasteiger partial charge in [-0.05, 0) is 18.6 Å². The van der Waals surface area contributed by atoms with Gasteiger partial charge in [0.15, 0.2) is 5.82 Å². The molecule has 1 aliphatic heterocycles. The van der Waals surface area contributed by atoms with Crippen LogP contribution in [0.15, 0.2) is 29.1 Å². The first-order valence-corrected chi connectivity index (χ1v) is 11.8. The summed E-state index contributed by atoms with van der Waals surface area (Å²) in [5.41, 5.74) is 1.15. The van der Waals surface area contributed by atoms with E-state index in [1.54, 1.807) is 28.5 Å². The molecule has 0 unspecified atom stereocenters. The molecule has 0 bridgehead atoms. The van der Waals surface area contributed by atoms with Gasteiger partial charge in [0, 0.05) is 53.2 Å². The molecule has 9 nitrogen and oxygen atoms in total. The molecule has 0 saturated carbocycles. The third-order valence-electron chi connectivity index (χ3n) is 5.26. The highest BCUT2D eigenvalue weighted by molar-refractivity contribution is 7.89. The van der Waals surface area contributed by atoms with Crippen molar-refractivity contribution in [2.24, 2.45) is 0 Å². The summed E-state index contributed by atoms with van der Waals surface area (Å²) in [6, 6.07) is 7.37. The molecule has 10 heteroatoms. The zero-order chi connectivity index (χ0) is 21.9. The van der Waals surface area contributed by atoms with Gasteiger partial charge < -0.3 is 14.4 Å². The Bertz CT molecular complexity index is 1070. The summed E-state index contributed by atoms with van der Waals surface area (Å²) in [6.07, 6.45) is 0.744. The zero-order valence-electron chi connectivity index (χ0n) is 17.7. The maximum atomic E-state index is 12.9. The summed E-state index contributed by atoms with van der Waals surface area (Å²) < 4.78 is 27.5. The number of carbonyl (C=O) groups excluding carboxylic acids is 1. The van der Waals surface area contributed by atoms with Crippen LogP contribution in [0.4, 0.5) is 5.82 Å². The average molecular weight is 436 g/mol. The smallest absolute Gasteiger partial charge is 0.293 e. The third kappa shape index (κ3) is 4.65.